The second-order valence-corrected chi connectivity index (χ2v) is 5.70. The zero-order valence-corrected chi connectivity index (χ0v) is 13.9. The average molecular weight is 371 g/mol. The molecule has 0 aromatic heterocycles. The van der Waals surface area contributed by atoms with Crippen LogP contribution in [0.1, 0.15) is 15.9 Å². The number of imide groups is 2. The number of ether oxygens (including phenoxy) is 1. The van der Waals surface area contributed by atoms with E-state index in [1.165, 1.54) is 24.3 Å². The number of carbonyl (C=O) groups excluding carboxylic acids is 4. The number of barbiturate groups is 1. The molecule has 4 amide bonds. The summed E-state index contributed by atoms with van der Waals surface area (Å²) in [5.41, 5.74) is 0.537. The van der Waals surface area contributed by atoms with Crippen molar-refractivity contribution >= 4 is 41.5 Å². The van der Waals surface area contributed by atoms with Gasteiger partial charge in [-0.25, -0.2) is 9.59 Å². The van der Waals surface area contributed by atoms with Gasteiger partial charge in [-0.2, -0.15) is 0 Å². The first kappa shape index (κ1) is 17.4. The van der Waals surface area contributed by atoms with Gasteiger partial charge in [0.15, 0.2) is 0 Å². The molecule has 2 aromatic carbocycles. The Morgan fingerprint density at radius 1 is 0.962 bits per heavy atom. The molecule has 0 spiro atoms. The highest BCUT2D eigenvalue weighted by Gasteiger charge is 2.27. The Labute approximate surface area is 152 Å². The molecule has 1 aliphatic rings. The summed E-state index contributed by atoms with van der Waals surface area (Å²) < 4.78 is 5.27. The predicted molar refractivity (Wildman–Crippen MR) is 92.5 cm³/mol. The number of esters is 1. The van der Waals surface area contributed by atoms with Crippen molar-refractivity contribution in [1.29, 1.82) is 0 Å². The van der Waals surface area contributed by atoms with E-state index < -0.39 is 23.8 Å². The average Bonchev–Trinajstić information content (AvgIpc) is 2.59. The number of rotatable bonds is 3. The molecule has 26 heavy (non-hydrogen) atoms. The van der Waals surface area contributed by atoms with Gasteiger partial charge in [-0.15, -0.1) is 0 Å². The molecule has 0 atom stereocenters. The molecule has 7 nitrogen and oxygen atoms in total. The van der Waals surface area contributed by atoms with Gasteiger partial charge in [0.2, 0.25) is 0 Å². The van der Waals surface area contributed by atoms with Gasteiger partial charge in [-0.05, 0) is 48.0 Å². The minimum atomic E-state index is -0.872. The van der Waals surface area contributed by atoms with Crippen LogP contribution in [0.3, 0.4) is 0 Å². The summed E-state index contributed by atoms with van der Waals surface area (Å²) in [5, 5.41) is 4.46. The molecule has 1 saturated heterocycles. The fourth-order valence-corrected chi connectivity index (χ4v) is 2.32. The van der Waals surface area contributed by atoms with Gasteiger partial charge in [0.1, 0.15) is 11.3 Å². The highest BCUT2D eigenvalue weighted by atomic mass is 35.5. The van der Waals surface area contributed by atoms with Gasteiger partial charge >= 0.3 is 12.0 Å². The van der Waals surface area contributed by atoms with Crippen LogP contribution in [0.5, 0.6) is 5.75 Å². The normalized spacial score (nSPS) is 13.7. The van der Waals surface area contributed by atoms with Crippen molar-refractivity contribution in [2.24, 2.45) is 0 Å². The number of urea groups is 1. The Balaban J connectivity index is 1.80. The van der Waals surface area contributed by atoms with E-state index in [9.17, 15) is 19.2 Å². The Kier molecular flexibility index (Phi) is 4.81. The van der Waals surface area contributed by atoms with E-state index >= 15 is 0 Å². The van der Waals surface area contributed by atoms with Crippen LogP contribution in [0.2, 0.25) is 5.02 Å². The third-order valence-electron chi connectivity index (χ3n) is 3.40. The van der Waals surface area contributed by atoms with E-state index in [0.29, 0.717) is 16.1 Å². The Morgan fingerprint density at radius 2 is 1.62 bits per heavy atom. The SMILES string of the molecule is O=C1NC(=O)C(=Cc2cccc(OC(=O)c3ccc(Cl)cc3)c2)C(=O)N1. The number of halogens is 1. The van der Waals surface area contributed by atoms with E-state index in [1.54, 1.807) is 30.3 Å². The van der Waals surface area contributed by atoms with Crippen LogP contribution in [0, 0.1) is 0 Å². The monoisotopic (exact) mass is 370 g/mol. The van der Waals surface area contributed by atoms with Crippen LogP contribution in [0.25, 0.3) is 6.08 Å². The Bertz CT molecular complexity index is 928. The van der Waals surface area contributed by atoms with Crippen LogP contribution < -0.4 is 15.4 Å². The molecule has 0 radical (unpaired) electrons. The molecule has 0 aliphatic carbocycles. The van der Waals surface area contributed by atoms with E-state index in [1.807, 2.05) is 10.6 Å². The maximum Gasteiger partial charge on any atom is 0.343 e. The van der Waals surface area contributed by atoms with Crippen molar-refractivity contribution in [1.82, 2.24) is 10.6 Å². The van der Waals surface area contributed by atoms with Crippen LogP contribution in [-0.2, 0) is 9.59 Å². The lowest BCUT2D eigenvalue weighted by Gasteiger charge is -2.14. The fourth-order valence-electron chi connectivity index (χ4n) is 2.19. The zero-order chi connectivity index (χ0) is 18.7. The number of amides is 4. The van der Waals surface area contributed by atoms with Crippen molar-refractivity contribution in [2.75, 3.05) is 0 Å². The molecule has 2 N–H and O–H groups in total. The largest absolute Gasteiger partial charge is 0.423 e. The topological polar surface area (TPSA) is 102 Å². The highest BCUT2D eigenvalue weighted by molar-refractivity contribution is 6.31. The summed E-state index contributed by atoms with van der Waals surface area (Å²) in [6.45, 7) is 0. The number of hydrogen-bond donors (Lipinski definition) is 2. The molecule has 8 heteroatoms. The molecular weight excluding hydrogens is 360 g/mol. The summed E-state index contributed by atoms with van der Waals surface area (Å²) in [4.78, 5) is 46.7. The third-order valence-corrected chi connectivity index (χ3v) is 3.65. The molecule has 1 heterocycles. The lowest BCUT2D eigenvalue weighted by atomic mass is 10.1. The lowest BCUT2D eigenvalue weighted by molar-refractivity contribution is -0.123. The number of benzene rings is 2. The fraction of sp³-hybridized carbons (Fsp3) is 0. The summed E-state index contributed by atoms with van der Waals surface area (Å²) >= 11 is 5.78. The molecule has 0 unspecified atom stereocenters. The second-order valence-electron chi connectivity index (χ2n) is 5.26. The summed E-state index contributed by atoms with van der Waals surface area (Å²) in [5.74, 6) is -1.96. The molecule has 2 aromatic rings. The number of hydrogen-bond acceptors (Lipinski definition) is 5. The quantitative estimate of drug-likeness (QED) is 0.373. The first-order valence-electron chi connectivity index (χ1n) is 7.38. The van der Waals surface area contributed by atoms with Crippen LogP contribution in [0.4, 0.5) is 4.79 Å². The predicted octanol–water partition coefficient (Wildman–Crippen LogP) is 2.31. The smallest absolute Gasteiger partial charge is 0.343 e. The summed E-state index contributed by atoms with van der Waals surface area (Å²) in [6, 6.07) is 11.6. The van der Waals surface area contributed by atoms with E-state index in [0.717, 1.165) is 0 Å². The third kappa shape index (κ3) is 3.96. The van der Waals surface area contributed by atoms with Crippen LogP contribution in [-0.4, -0.2) is 23.8 Å². The molecule has 1 fully saturated rings. The maximum absolute atomic E-state index is 12.1. The molecule has 0 bridgehead atoms. The van der Waals surface area contributed by atoms with Gasteiger partial charge in [-0.3, -0.25) is 20.2 Å². The molecule has 0 saturated carbocycles. The number of carbonyl (C=O) groups is 4. The minimum absolute atomic E-state index is 0.229. The van der Waals surface area contributed by atoms with Gasteiger partial charge in [-0.1, -0.05) is 23.7 Å². The van der Waals surface area contributed by atoms with Crippen molar-refractivity contribution in [3.63, 3.8) is 0 Å². The van der Waals surface area contributed by atoms with Crippen molar-refractivity contribution in [3.8, 4) is 5.75 Å². The van der Waals surface area contributed by atoms with E-state index in [2.05, 4.69) is 0 Å². The van der Waals surface area contributed by atoms with Crippen LogP contribution in [0.15, 0.2) is 54.1 Å². The molecule has 3 rings (SSSR count). The van der Waals surface area contributed by atoms with Crippen molar-refractivity contribution < 1.29 is 23.9 Å². The van der Waals surface area contributed by atoms with E-state index in [-0.39, 0.29) is 11.3 Å². The van der Waals surface area contributed by atoms with Crippen LogP contribution >= 0.6 is 11.6 Å². The standard InChI is InChI=1S/C18H11ClN2O5/c19-12-6-4-11(5-7-12)17(24)26-13-3-1-2-10(8-13)9-14-15(22)20-18(25)21-16(14)23/h1-9H,(H2,20,21,22,23,25). The van der Waals surface area contributed by atoms with Crippen molar-refractivity contribution in [3.05, 3.63) is 70.3 Å². The summed E-state index contributed by atoms with van der Waals surface area (Å²) in [6.07, 6.45) is 1.29. The van der Waals surface area contributed by atoms with Gasteiger partial charge < -0.3 is 4.74 Å². The first-order chi connectivity index (χ1) is 12.4. The number of nitrogens with one attached hydrogen (secondary N) is 2. The lowest BCUT2D eigenvalue weighted by Crippen LogP contribution is -2.51. The van der Waals surface area contributed by atoms with Gasteiger partial charge in [0.25, 0.3) is 11.8 Å². The van der Waals surface area contributed by atoms with E-state index in [4.69, 9.17) is 16.3 Å². The Morgan fingerprint density at radius 3 is 2.27 bits per heavy atom. The van der Waals surface area contributed by atoms with Gasteiger partial charge in [0, 0.05) is 5.02 Å². The minimum Gasteiger partial charge on any atom is -0.423 e. The van der Waals surface area contributed by atoms with Crippen molar-refractivity contribution in [2.45, 2.75) is 0 Å². The molecular formula is C18H11ClN2O5. The second kappa shape index (κ2) is 7.20. The maximum atomic E-state index is 12.1. The molecule has 1 aliphatic heterocycles. The zero-order valence-electron chi connectivity index (χ0n) is 13.1. The van der Waals surface area contributed by atoms with Gasteiger partial charge in [0.05, 0.1) is 5.56 Å². The first-order valence-corrected chi connectivity index (χ1v) is 7.76. The molecule has 130 valence electrons. The highest BCUT2D eigenvalue weighted by Crippen LogP contribution is 2.19. The Hall–Kier alpha value is -3.45. The summed E-state index contributed by atoms with van der Waals surface area (Å²) in [7, 11) is 0.